The summed E-state index contributed by atoms with van der Waals surface area (Å²) in [7, 11) is -16.0. The van der Waals surface area contributed by atoms with E-state index in [2.05, 4.69) is 76.0 Å². The highest BCUT2D eigenvalue weighted by Gasteiger charge is 2.51. The van der Waals surface area contributed by atoms with Crippen LogP contribution in [0.4, 0.5) is 21.0 Å². The van der Waals surface area contributed by atoms with E-state index in [0.717, 1.165) is 62.2 Å². The van der Waals surface area contributed by atoms with Gasteiger partial charge in [0.05, 0.1) is 37.7 Å². The van der Waals surface area contributed by atoms with Crippen LogP contribution < -0.4 is 15.0 Å². The molecule has 7 N–H and O–H groups in total. The number of rotatable bonds is 29. The molecule has 0 spiro atoms. The number of phenolic OH excluding ortho intramolecular Hbond substituents is 1. The van der Waals surface area contributed by atoms with E-state index in [0.29, 0.717) is 46.7 Å². The number of amides is 1. The van der Waals surface area contributed by atoms with Gasteiger partial charge in [-0.2, -0.15) is 0 Å². The molecule has 2 unspecified atom stereocenters. The van der Waals surface area contributed by atoms with E-state index in [1.54, 1.807) is 100 Å². The molecule has 21 nitrogen and oxygen atoms in total. The number of aromatic hydroxyl groups is 1. The third-order valence-electron chi connectivity index (χ3n) is 13.4. The summed E-state index contributed by atoms with van der Waals surface area (Å²) in [6.07, 6.45) is 8.20. The average molecular weight is 1470 g/mol. The van der Waals surface area contributed by atoms with Crippen molar-refractivity contribution in [3.05, 3.63) is 143 Å². The molecule has 5 aromatic rings. The molecule has 5 rings (SSSR count). The highest BCUT2D eigenvalue weighted by molar-refractivity contribution is 7.81. The molecule has 0 aliphatic heterocycles. The average Bonchev–Trinajstić information content (AvgIpc) is 0.929. The summed E-state index contributed by atoms with van der Waals surface area (Å²) in [6, 6.07) is 29.2. The molecule has 3 aromatic carbocycles. The molecule has 0 saturated heterocycles. The quantitative estimate of drug-likeness (QED) is 0.0101. The number of alkyl halides is 3. The summed E-state index contributed by atoms with van der Waals surface area (Å²) in [5.74, 6) is 0.332. The molecule has 0 bridgehead atoms. The van der Waals surface area contributed by atoms with E-state index < -0.39 is 63.0 Å². The Kier molecular flexibility index (Phi) is 38.8. The minimum atomic E-state index is -5.06. The number of nitrogens with zero attached hydrogens (tertiary/aromatic N) is 5. The van der Waals surface area contributed by atoms with Gasteiger partial charge in [0.2, 0.25) is 0 Å². The summed E-state index contributed by atoms with van der Waals surface area (Å²) >= 11 is 31.6. The van der Waals surface area contributed by atoms with Crippen LogP contribution in [-0.2, 0) is 40.3 Å². The van der Waals surface area contributed by atoms with Crippen LogP contribution in [0.25, 0.3) is 10.9 Å². The van der Waals surface area contributed by atoms with Crippen molar-refractivity contribution in [1.29, 1.82) is 0 Å². The van der Waals surface area contributed by atoms with Crippen molar-refractivity contribution in [1.82, 2.24) is 19.8 Å². The minimum Gasteiger partial charge on any atom is -0.508 e. The lowest BCUT2D eigenvalue weighted by molar-refractivity contribution is 0.172. The number of fused-ring (bicyclic) bond motifs is 1. The summed E-state index contributed by atoms with van der Waals surface area (Å²) in [5, 5.41) is 12.0. The summed E-state index contributed by atoms with van der Waals surface area (Å²) in [4.78, 5) is 86.0. The van der Waals surface area contributed by atoms with E-state index in [4.69, 9.17) is 71.8 Å². The number of anilines is 2. The molecule has 2 atom stereocenters. The monoisotopic (exact) mass is 1470 g/mol. The lowest BCUT2D eigenvalue weighted by atomic mass is 10.1. The predicted molar refractivity (Wildman–Crippen MR) is 372 cm³/mol. The number of hydrogen-bond acceptors (Lipinski definition) is 16. The second kappa shape index (κ2) is 42.2. The second-order valence-electron chi connectivity index (χ2n) is 20.6. The number of carbonyl (C=O) groups excluding carboxylic acids is 2. The fourth-order valence-corrected chi connectivity index (χ4v) is 17.3. The van der Waals surface area contributed by atoms with Gasteiger partial charge in [0.25, 0.3) is 0 Å². The van der Waals surface area contributed by atoms with Crippen LogP contribution in [0.2, 0.25) is 10.0 Å². The third-order valence-corrected chi connectivity index (χ3v) is 24.2. The zero-order chi connectivity index (χ0) is 68.6. The van der Waals surface area contributed by atoms with Gasteiger partial charge in [0.15, 0.2) is 18.3 Å². The number of phenols is 1. The summed E-state index contributed by atoms with van der Waals surface area (Å²) in [6.45, 7) is 24.9. The van der Waals surface area contributed by atoms with Gasteiger partial charge in [-0.25, -0.2) is 9.59 Å². The fourth-order valence-electron chi connectivity index (χ4n) is 8.73. The topological polar surface area (TPSA) is 291 Å². The molecule has 508 valence electrons. The van der Waals surface area contributed by atoms with E-state index in [9.17, 15) is 52.9 Å². The van der Waals surface area contributed by atoms with Crippen LogP contribution in [0.15, 0.2) is 122 Å². The Morgan fingerprint density at radius 1 is 0.681 bits per heavy atom. The first-order valence-corrected chi connectivity index (χ1v) is 39.1. The number of nitrogens with one attached hydrogen (secondary N) is 1. The number of benzene rings is 3. The predicted octanol–water partition coefficient (Wildman–Crippen LogP) is 16.4. The largest absolute Gasteiger partial charge is 0.508 e. The Morgan fingerprint density at radius 2 is 1.22 bits per heavy atom. The molecular weight excluding hydrogens is 1380 g/mol. The number of aromatic nitrogens is 2. The zero-order valence-corrected chi connectivity index (χ0v) is 60.6. The first kappa shape index (κ1) is 83.6. The van der Waals surface area contributed by atoms with Crippen molar-refractivity contribution in [3.63, 3.8) is 0 Å². The lowest BCUT2D eigenvalue weighted by Crippen LogP contribution is -2.35. The molecule has 2 aromatic heterocycles. The maximum absolute atomic E-state index is 13.4. The summed E-state index contributed by atoms with van der Waals surface area (Å²) < 4.78 is 54.5. The standard InChI is InChI=1S/C26H34ClN3O8P2.C18H28ClN3.C14H24O5P2.C2Cl4O2/c1-3-29(4-2)15-5-6-16-30(24-13-14-28-23-18-20(27)9-12-22(23)24)26(31)38-21-10-7-19(8-11-21)17-25(39(32,33)34)40(35,36)37;1-4-22(5-2)15-7-8-16(3)21-18-10-6-9-17(19)11-13-20-14-12-18;1-5-18-21(17,19-6-2)14(20(3,4)16)11-12-7-9-13(15)10-8-12;3-1(7)8-2(4,5)6/h7-14,18,25H,3-6,15-17H2,1-2H3,(H2,32,33,34)(H2,35,36,37);6,9-14,16,21H,4-5,7-8,15H2,1-3H3;7-10,14,16H,5-6,11H2,1-4H3;/p+1. The lowest BCUT2D eigenvalue weighted by Gasteiger charge is -2.28. The van der Waals surface area contributed by atoms with Crippen LogP contribution in [0.5, 0.6) is 11.5 Å². The third kappa shape index (κ3) is 33.7. The van der Waals surface area contributed by atoms with Crippen molar-refractivity contribution in [3.8, 4) is 11.5 Å². The first-order chi connectivity index (χ1) is 42.6. The zero-order valence-electron chi connectivity index (χ0n) is 52.5. The Balaban J connectivity index is 0.000000468. The Morgan fingerprint density at radius 3 is 1.74 bits per heavy atom. The maximum Gasteiger partial charge on any atom is 0.419 e. The van der Waals surface area contributed by atoms with Crippen molar-refractivity contribution in [2.75, 3.05) is 82.6 Å². The molecule has 0 fully saturated rings. The van der Waals surface area contributed by atoms with Crippen LogP contribution in [0.3, 0.4) is 0 Å². The summed E-state index contributed by atoms with van der Waals surface area (Å²) in [5.41, 5.74) is 2.28. The maximum atomic E-state index is 13.4. The Bertz CT molecular complexity index is 3150. The van der Waals surface area contributed by atoms with Crippen LogP contribution in [0.1, 0.15) is 85.3 Å². The van der Waals surface area contributed by atoms with Gasteiger partial charge in [0, 0.05) is 70.3 Å². The van der Waals surface area contributed by atoms with Gasteiger partial charge in [-0.1, -0.05) is 81.2 Å². The van der Waals surface area contributed by atoms with Crippen molar-refractivity contribution in [2.45, 2.75) is 108 Å². The molecule has 2 heterocycles. The molecular formula is C60H87Cl6N6O15P4+. The van der Waals surface area contributed by atoms with Gasteiger partial charge in [0.1, 0.15) is 11.5 Å². The van der Waals surface area contributed by atoms with E-state index in [-0.39, 0.29) is 30.3 Å². The first-order valence-electron chi connectivity index (χ1n) is 29.2. The van der Waals surface area contributed by atoms with Gasteiger partial charge in [-0.3, -0.25) is 33.5 Å². The molecule has 0 saturated carbocycles. The number of carbonyl (C=O) groups is 2. The van der Waals surface area contributed by atoms with Gasteiger partial charge < -0.3 is 58.3 Å². The van der Waals surface area contributed by atoms with Gasteiger partial charge in [-0.05, 0) is 211 Å². The Hall–Kier alpha value is -3.46. The van der Waals surface area contributed by atoms with E-state index in [1.807, 2.05) is 24.3 Å². The minimum absolute atomic E-state index is 0.159. The normalized spacial score (nSPS) is 12.5. The second-order valence-corrected chi connectivity index (χ2v) is 34.2. The van der Waals surface area contributed by atoms with Crippen molar-refractivity contribution < 1.29 is 71.4 Å². The highest BCUT2D eigenvalue weighted by atomic mass is 35.6. The number of hydrogen-bond donors (Lipinski definition) is 7. The molecule has 0 aliphatic rings. The van der Waals surface area contributed by atoms with Crippen LogP contribution >= 0.6 is 99.9 Å². The Labute approximate surface area is 565 Å². The molecule has 1 amide bonds. The number of pyridine rings is 1. The number of unbranched alkanes of at least 4 members (excludes halogenated alkanes) is 1. The fraction of sp³-hybridized carbons (Fsp3) is 0.467. The van der Waals surface area contributed by atoms with Crippen LogP contribution in [0, 0.1) is 0 Å². The van der Waals surface area contributed by atoms with Gasteiger partial charge in [-0.15, -0.1) is 0 Å². The SMILES string of the molecule is CCN(CC)CCCC(C)Nc1cccc(Cl)ccncc1.CCN(CC)CCCCN(C(=O)Oc1ccc(CC(P(=O)(O)O)P(=O)(O)O)cc1)c1ccnc2cc(Cl)ccc12.CCOP(=O)(OCC)C(Cc1ccc(O)cc1)[P+](C)(C)O.O=C(Cl)OC(Cl)(Cl)Cl. The van der Waals surface area contributed by atoms with E-state index in [1.165, 1.54) is 42.1 Å². The molecule has 31 heteroatoms. The highest BCUT2D eigenvalue weighted by Crippen LogP contribution is 2.71. The smallest absolute Gasteiger partial charge is 0.419 e. The van der Waals surface area contributed by atoms with E-state index >= 15 is 0 Å². The van der Waals surface area contributed by atoms with Crippen molar-refractivity contribution >= 4 is 134 Å². The molecule has 0 aliphatic carbocycles. The van der Waals surface area contributed by atoms with Crippen LogP contribution in [-0.4, -0.2) is 154 Å². The molecule has 0 radical (unpaired) electrons. The van der Waals surface area contributed by atoms with Gasteiger partial charge >= 0.3 is 38.3 Å². The van der Waals surface area contributed by atoms with Crippen molar-refractivity contribution in [2.24, 2.45) is 0 Å². The number of halogens is 6. The molecule has 91 heavy (non-hydrogen) atoms. The number of ether oxygens (including phenoxy) is 2.